The van der Waals surface area contributed by atoms with Gasteiger partial charge in [-0.05, 0) is 82.1 Å². The third-order valence-corrected chi connectivity index (χ3v) is 14.9. The predicted molar refractivity (Wildman–Crippen MR) is 243 cm³/mol. The molecule has 13 rings (SSSR count). The fourth-order valence-electron chi connectivity index (χ4n) is 11.2. The fourth-order valence-corrected chi connectivity index (χ4v) is 12.5. The zero-order valence-corrected chi connectivity index (χ0v) is 32.9. The van der Waals surface area contributed by atoms with Crippen LogP contribution < -0.4 is 4.74 Å². The minimum absolute atomic E-state index is 0.457. The summed E-state index contributed by atoms with van der Waals surface area (Å²) in [6.07, 6.45) is 6.33. The van der Waals surface area contributed by atoms with Crippen LogP contribution in [0.1, 0.15) is 60.4 Å². The first kappa shape index (κ1) is 32.6. The van der Waals surface area contributed by atoms with Crippen molar-refractivity contribution in [1.82, 2.24) is 4.57 Å². The summed E-state index contributed by atoms with van der Waals surface area (Å²) >= 11 is 1.92. The standard InChI is InChI=1S/C55H39NOS/c1-2-14-36(15-3-1)56-48-25-13-19-40(42-21-12-20-41-39-18-6-11-27-52(39)58-54(41)42)53(48)43-30-28-34(32-49(43)56)35-29-31-47-51(33-35)57-50-26-10-9-24-46(50)55(47)44-22-7-4-16-37(44)38-17-5-8-23-45(38)55/h4-13,16-33,36H,1-3,14-15H2. The molecular formula is C55H39NOS. The van der Waals surface area contributed by atoms with Crippen LogP contribution in [0.25, 0.3) is 75.4 Å². The predicted octanol–water partition coefficient (Wildman–Crippen LogP) is 15.5. The Balaban J connectivity index is 1.02. The number of aromatic nitrogens is 1. The highest BCUT2D eigenvalue weighted by Gasteiger charge is 2.50. The third-order valence-electron chi connectivity index (χ3n) is 13.6. The molecule has 0 amide bonds. The lowest BCUT2D eigenvalue weighted by molar-refractivity contribution is 0.367. The zero-order valence-electron chi connectivity index (χ0n) is 32.0. The number of para-hydroxylation sites is 1. The van der Waals surface area contributed by atoms with E-state index in [2.05, 4.69) is 174 Å². The van der Waals surface area contributed by atoms with Crippen molar-refractivity contribution in [3.05, 3.63) is 192 Å². The molecule has 0 unspecified atom stereocenters. The van der Waals surface area contributed by atoms with Crippen LogP contribution in [0.15, 0.2) is 170 Å². The minimum Gasteiger partial charge on any atom is -0.457 e. The van der Waals surface area contributed by atoms with Crippen molar-refractivity contribution in [3.8, 4) is 44.9 Å². The van der Waals surface area contributed by atoms with Gasteiger partial charge in [-0.3, -0.25) is 0 Å². The van der Waals surface area contributed by atoms with Crippen LogP contribution in [-0.2, 0) is 5.41 Å². The van der Waals surface area contributed by atoms with Crippen LogP contribution in [0.2, 0.25) is 0 Å². The van der Waals surface area contributed by atoms with Crippen LogP contribution in [0.3, 0.4) is 0 Å². The van der Waals surface area contributed by atoms with Crippen molar-refractivity contribution in [2.24, 2.45) is 0 Å². The molecule has 10 aromatic rings. The molecule has 1 fully saturated rings. The molecule has 1 saturated carbocycles. The largest absolute Gasteiger partial charge is 0.457 e. The highest BCUT2D eigenvalue weighted by atomic mass is 32.1. The van der Waals surface area contributed by atoms with Gasteiger partial charge in [0.2, 0.25) is 0 Å². The van der Waals surface area contributed by atoms with Gasteiger partial charge in [0, 0.05) is 64.7 Å². The second-order valence-corrected chi connectivity index (χ2v) is 17.6. The van der Waals surface area contributed by atoms with E-state index in [0.717, 1.165) is 11.5 Å². The van der Waals surface area contributed by atoms with Crippen molar-refractivity contribution in [2.75, 3.05) is 0 Å². The second-order valence-electron chi connectivity index (χ2n) is 16.5. The number of benzene rings is 8. The van der Waals surface area contributed by atoms with Crippen molar-refractivity contribution < 1.29 is 4.74 Å². The van der Waals surface area contributed by atoms with E-state index in [1.807, 2.05) is 11.3 Å². The molecule has 2 aromatic heterocycles. The van der Waals surface area contributed by atoms with Gasteiger partial charge in [0.15, 0.2) is 0 Å². The molecule has 0 bridgehead atoms. The summed E-state index contributed by atoms with van der Waals surface area (Å²) in [5, 5.41) is 5.39. The maximum absolute atomic E-state index is 6.93. The van der Waals surface area contributed by atoms with E-state index in [4.69, 9.17) is 4.74 Å². The molecule has 2 nitrogen and oxygen atoms in total. The number of rotatable bonds is 3. The molecule has 2 aliphatic carbocycles. The lowest BCUT2D eigenvalue weighted by Crippen LogP contribution is -2.32. The molecule has 1 aliphatic heterocycles. The molecule has 0 radical (unpaired) electrons. The SMILES string of the molecule is c1ccc2c(c1)Oc1cc(-c3ccc4c5c(-c6cccc7c6sc6ccccc67)cccc5n(C5CCCCC5)c4c3)ccc1C21c2ccccc2-c2ccccc21. The molecule has 0 N–H and O–H groups in total. The molecule has 0 atom stereocenters. The van der Waals surface area contributed by atoms with Gasteiger partial charge < -0.3 is 9.30 Å². The Labute approximate surface area is 341 Å². The van der Waals surface area contributed by atoms with Gasteiger partial charge in [-0.1, -0.05) is 159 Å². The lowest BCUT2D eigenvalue weighted by Gasteiger charge is -2.39. The summed E-state index contributed by atoms with van der Waals surface area (Å²) < 4.78 is 12.4. The van der Waals surface area contributed by atoms with Crippen molar-refractivity contribution in [3.63, 3.8) is 0 Å². The molecule has 3 heterocycles. The van der Waals surface area contributed by atoms with Gasteiger partial charge in [-0.15, -0.1) is 11.3 Å². The van der Waals surface area contributed by atoms with E-state index in [-0.39, 0.29) is 0 Å². The zero-order chi connectivity index (χ0) is 38.0. The molecule has 0 saturated heterocycles. The number of ether oxygens (including phenoxy) is 1. The highest BCUT2D eigenvalue weighted by molar-refractivity contribution is 7.26. The fraction of sp³-hybridized carbons (Fsp3) is 0.127. The monoisotopic (exact) mass is 761 g/mol. The molecule has 3 aliphatic rings. The Morgan fingerprint density at radius 3 is 1.95 bits per heavy atom. The minimum atomic E-state index is -0.457. The Bertz CT molecular complexity index is 3270. The van der Waals surface area contributed by atoms with Crippen molar-refractivity contribution in [2.45, 2.75) is 43.6 Å². The molecule has 276 valence electrons. The van der Waals surface area contributed by atoms with Gasteiger partial charge in [0.05, 0.1) is 5.41 Å². The number of thiophene rings is 1. The van der Waals surface area contributed by atoms with Crippen LogP contribution in [0.4, 0.5) is 0 Å². The Morgan fingerprint density at radius 1 is 0.466 bits per heavy atom. The molecule has 1 spiro atoms. The number of hydrogen-bond acceptors (Lipinski definition) is 2. The normalized spacial score (nSPS) is 15.4. The van der Waals surface area contributed by atoms with Crippen LogP contribution in [0.5, 0.6) is 11.5 Å². The maximum Gasteiger partial charge on any atom is 0.132 e. The molecule has 3 heteroatoms. The first-order valence-electron chi connectivity index (χ1n) is 20.9. The Morgan fingerprint density at radius 2 is 1.10 bits per heavy atom. The number of fused-ring (bicyclic) bond motifs is 15. The van der Waals surface area contributed by atoms with Gasteiger partial charge in [-0.2, -0.15) is 0 Å². The van der Waals surface area contributed by atoms with Gasteiger partial charge in [-0.25, -0.2) is 0 Å². The highest BCUT2D eigenvalue weighted by Crippen LogP contribution is 2.62. The summed E-state index contributed by atoms with van der Waals surface area (Å²) in [6, 6.07) is 64.0. The maximum atomic E-state index is 6.93. The molecular weight excluding hydrogens is 723 g/mol. The Hall–Kier alpha value is -6.42. The van der Waals surface area contributed by atoms with E-state index in [1.54, 1.807) is 0 Å². The molecule has 58 heavy (non-hydrogen) atoms. The van der Waals surface area contributed by atoms with Gasteiger partial charge in [0.25, 0.3) is 0 Å². The second kappa shape index (κ2) is 12.3. The van der Waals surface area contributed by atoms with E-state index < -0.39 is 5.41 Å². The summed E-state index contributed by atoms with van der Waals surface area (Å²) in [5.74, 6) is 1.85. The van der Waals surface area contributed by atoms with Gasteiger partial charge in [0.1, 0.15) is 11.5 Å². The topological polar surface area (TPSA) is 14.2 Å². The summed E-state index contributed by atoms with van der Waals surface area (Å²) in [7, 11) is 0. The first-order valence-corrected chi connectivity index (χ1v) is 21.7. The van der Waals surface area contributed by atoms with Crippen LogP contribution >= 0.6 is 11.3 Å². The van der Waals surface area contributed by atoms with E-state index >= 15 is 0 Å². The third kappa shape index (κ3) is 4.37. The molecule has 8 aromatic carbocycles. The van der Waals surface area contributed by atoms with E-state index in [0.29, 0.717) is 6.04 Å². The first-order chi connectivity index (χ1) is 28.8. The van der Waals surface area contributed by atoms with Crippen molar-refractivity contribution >= 4 is 53.3 Å². The quantitative estimate of drug-likeness (QED) is 0.175. The van der Waals surface area contributed by atoms with Crippen molar-refractivity contribution in [1.29, 1.82) is 0 Å². The van der Waals surface area contributed by atoms with E-state index in [9.17, 15) is 0 Å². The number of nitrogens with zero attached hydrogens (tertiary/aromatic N) is 1. The number of hydrogen-bond donors (Lipinski definition) is 0. The summed E-state index contributed by atoms with van der Waals surface area (Å²) in [5.41, 5.74) is 14.9. The van der Waals surface area contributed by atoms with Crippen LogP contribution in [-0.4, -0.2) is 4.57 Å². The average molecular weight is 762 g/mol. The smallest absolute Gasteiger partial charge is 0.132 e. The Kier molecular flexibility index (Phi) is 6.92. The summed E-state index contributed by atoms with van der Waals surface area (Å²) in [4.78, 5) is 0. The summed E-state index contributed by atoms with van der Waals surface area (Å²) in [6.45, 7) is 0. The average Bonchev–Trinajstić information content (AvgIpc) is 3.93. The lowest BCUT2D eigenvalue weighted by atomic mass is 9.66. The van der Waals surface area contributed by atoms with Crippen LogP contribution in [0, 0.1) is 0 Å². The van der Waals surface area contributed by atoms with E-state index in [1.165, 1.54) is 130 Å². The van der Waals surface area contributed by atoms with Gasteiger partial charge >= 0.3 is 0 Å².